The number of aryl methyl sites for hydroxylation is 1. The van der Waals surface area contributed by atoms with E-state index in [0.29, 0.717) is 6.54 Å². The number of carbonyl (C=O) groups is 1. The molecule has 3 aromatic rings. The number of H-pyrrole nitrogens is 1. The highest BCUT2D eigenvalue weighted by atomic mass is 16.2. The molecule has 0 spiro atoms. The van der Waals surface area contributed by atoms with Crippen LogP contribution in [-0.4, -0.2) is 25.9 Å². The fraction of sp³-hybridized carbons (Fsp3) is 0.263. The van der Waals surface area contributed by atoms with Crippen LogP contribution in [0, 0.1) is 0 Å². The first-order valence-electron chi connectivity index (χ1n) is 8.66. The van der Waals surface area contributed by atoms with Crippen LogP contribution in [0.5, 0.6) is 0 Å². The molecule has 1 aliphatic carbocycles. The van der Waals surface area contributed by atoms with Crippen LogP contribution in [-0.2, 0) is 13.0 Å². The van der Waals surface area contributed by atoms with Crippen LogP contribution in [0.3, 0.4) is 0 Å². The molecule has 26 heavy (non-hydrogen) atoms. The lowest BCUT2D eigenvalue weighted by Gasteiger charge is -2.25. The van der Waals surface area contributed by atoms with E-state index in [1.165, 1.54) is 6.07 Å². The summed E-state index contributed by atoms with van der Waals surface area (Å²) in [5, 5.41) is 11.0. The standard InChI is InChI=1S/C19H19N5O2/c25-18-10-9-14-15(20-18)7-4-8-16(14)21-19(26)17-12-24(23-22-17)11-13-5-2-1-3-6-13/h1-3,5-6,9-10,12,16H,4,7-8,11H2,(H,20,25)(H,21,26)/t16-/m0/s1. The first-order chi connectivity index (χ1) is 12.7. The lowest BCUT2D eigenvalue weighted by molar-refractivity contribution is 0.0927. The summed E-state index contributed by atoms with van der Waals surface area (Å²) in [5.41, 5.74) is 3.15. The Balaban J connectivity index is 1.47. The Bertz CT molecular complexity index is 977. The van der Waals surface area contributed by atoms with Crippen molar-refractivity contribution in [2.75, 3.05) is 0 Å². The number of amides is 1. The van der Waals surface area contributed by atoms with Crippen molar-refractivity contribution in [2.24, 2.45) is 0 Å². The van der Waals surface area contributed by atoms with Gasteiger partial charge >= 0.3 is 0 Å². The normalized spacial score (nSPS) is 16.1. The van der Waals surface area contributed by atoms with Gasteiger partial charge in [-0.3, -0.25) is 9.59 Å². The lowest BCUT2D eigenvalue weighted by Crippen LogP contribution is -2.32. The molecular weight excluding hydrogens is 330 g/mol. The molecule has 0 fully saturated rings. The molecule has 2 aromatic heterocycles. The van der Waals surface area contributed by atoms with Gasteiger partial charge in [-0.25, -0.2) is 4.68 Å². The molecule has 4 rings (SSSR count). The van der Waals surface area contributed by atoms with Crippen LogP contribution < -0.4 is 10.9 Å². The van der Waals surface area contributed by atoms with Gasteiger partial charge in [-0.15, -0.1) is 5.10 Å². The Morgan fingerprint density at radius 1 is 1.23 bits per heavy atom. The summed E-state index contributed by atoms with van der Waals surface area (Å²) in [6, 6.07) is 13.1. The van der Waals surface area contributed by atoms with Crippen molar-refractivity contribution in [2.45, 2.75) is 31.8 Å². The molecule has 132 valence electrons. The van der Waals surface area contributed by atoms with E-state index in [1.54, 1.807) is 16.9 Å². The van der Waals surface area contributed by atoms with Crippen molar-refractivity contribution in [3.05, 3.63) is 81.5 Å². The summed E-state index contributed by atoms with van der Waals surface area (Å²) in [7, 11) is 0. The van der Waals surface area contributed by atoms with E-state index in [2.05, 4.69) is 20.6 Å². The molecule has 1 amide bonds. The smallest absolute Gasteiger partial charge is 0.273 e. The van der Waals surface area contributed by atoms with E-state index in [4.69, 9.17) is 0 Å². The third kappa shape index (κ3) is 3.42. The molecule has 1 atom stereocenters. The fourth-order valence-corrected chi connectivity index (χ4v) is 3.33. The van der Waals surface area contributed by atoms with Crippen LogP contribution in [0.4, 0.5) is 0 Å². The van der Waals surface area contributed by atoms with E-state index >= 15 is 0 Å². The second kappa shape index (κ2) is 6.95. The van der Waals surface area contributed by atoms with Gasteiger partial charge in [0.25, 0.3) is 5.91 Å². The number of pyridine rings is 1. The monoisotopic (exact) mass is 349 g/mol. The average molecular weight is 349 g/mol. The minimum atomic E-state index is -0.256. The third-order valence-corrected chi connectivity index (χ3v) is 4.60. The Morgan fingerprint density at radius 3 is 2.92 bits per heavy atom. The molecule has 0 saturated heterocycles. The van der Waals surface area contributed by atoms with Gasteiger partial charge in [0.05, 0.1) is 18.8 Å². The molecule has 0 aliphatic heterocycles. The van der Waals surface area contributed by atoms with Crippen molar-refractivity contribution in [1.82, 2.24) is 25.3 Å². The van der Waals surface area contributed by atoms with Crippen LogP contribution in [0.25, 0.3) is 0 Å². The zero-order chi connectivity index (χ0) is 17.9. The summed E-state index contributed by atoms with van der Waals surface area (Å²) in [6.07, 6.45) is 4.23. The van der Waals surface area contributed by atoms with Gasteiger partial charge in [-0.1, -0.05) is 35.5 Å². The number of aromatic nitrogens is 4. The molecule has 7 nitrogen and oxygen atoms in total. The number of hydrogen-bond donors (Lipinski definition) is 2. The van der Waals surface area contributed by atoms with Crippen LogP contribution >= 0.6 is 0 Å². The maximum absolute atomic E-state index is 12.6. The first kappa shape index (κ1) is 16.3. The van der Waals surface area contributed by atoms with E-state index in [0.717, 1.165) is 36.1 Å². The van der Waals surface area contributed by atoms with Crippen molar-refractivity contribution in [3.63, 3.8) is 0 Å². The fourth-order valence-electron chi connectivity index (χ4n) is 3.33. The maximum Gasteiger partial charge on any atom is 0.273 e. The van der Waals surface area contributed by atoms with E-state index < -0.39 is 0 Å². The molecule has 2 heterocycles. The van der Waals surface area contributed by atoms with Crippen molar-refractivity contribution in [1.29, 1.82) is 0 Å². The minimum absolute atomic E-state index is 0.111. The van der Waals surface area contributed by atoms with Crippen LogP contribution in [0.2, 0.25) is 0 Å². The second-order valence-corrected chi connectivity index (χ2v) is 6.46. The molecule has 0 unspecified atom stereocenters. The van der Waals surface area contributed by atoms with Crippen LogP contribution in [0.15, 0.2) is 53.5 Å². The van der Waals surface area contributed by atoms with Gasteiger partial charge in [0.15, 0.2) is 5.69 Å². The number of benzene rings is 1. The Hall–Kier alpha value is -3.22. The Morgan fingerprint density at radius 2 is 2.08 bits per heavy atom. The lowest BCUT2D eigenvalue weighted by atomic mass is 9.91. The molecule has 1 aliphatic rings. The van der Waals surface area contributed by atoms with E-state index in [-0.39, 0.29) is 23.2 Å². The molecule has 1 aromatic carbocycles. The largest absolute Gasteiger partial charge is 0.344 e. The summed E-state index contributed by atoms with van der Waals surface area (Å²) in [4.78, 5) is 26.9. The number of hydrogen-bond acceptors (Lipinski definition) is 4. The van der Waals surface area contributed by atoms with Crippen molar-refractivity contribution >= 4 is 5.91 Å². The molecule has 2 N–H and O–H groups in total. The summed E-state index contributed by atoms with van der Waals surface area (Å²) in [6.45, 7) is 0.564. The zero-order valence-electron chi connectivity index (χ0n) is 14.2. The molecule has 0 radical (unpaired) electrons. The number of rotatable bonds is 4. The van der Waals surface area contributed by atoms with Gasteiger partial charge in [0.2, 0.25) is 5.56 Å². The first-order valence-corrected chi connectivity index (χ1v) is 8.66. The highest BCUT2D eigenvalue weighted by molar-refractivity contribution is 5.92. The number of nitrogens with one attached hydrogen (secondary N) is 2. The third-order valence-electron chi connectivity index (χ3n) is 4.60. The van der Waals surface area contributed by atoms with Gasteiger partial charge in [0, 0.05) is 11.8 Å². The quantitative estimate of drug-likeness (QED) is 0.751. The van der Waals surface area contributed by atoms with Crippen molar-refractivity contribution < 1.29 is 4.79 Å². The number of nitrogens with zero attached hydrogens (tertiary/aromatic N) is 3. The SMILES string of the molecule is O=C(N[C@H]1CCCc2[nH]c(=O)ccc21)c1cn(Cc2ccccc2)nn1. The summed E-state index contributed by atoms with van der Waals surface area (Å²) in [5.74, 6) is -0.256. The van der Waals surface area contributed by atoms with Crippen LogP contribution in [0.1, 0.15) is 46.2 Å². The van der Waals surface area contributed by atoms with Crippen molar-refractivity contribution in [3.8, 4) is 0 Å². The summed E-state index contributed by atoms with van der Waals surface area (Å²) >= 11 is 0. The maximum atomic E-state index is 12.6. The highest BCUT2D eigenvalue weighted by Crippen LogP contribution is 2.27. The molecule has 0 saturated carbocycles. The van der Waals surface area contributed by atoms with Gasteiger partial charge in [-0.05, 0) is 36.5 Å². The average Bonchev–Trinajstić information content (AvgIpc) is 3.11. The number of aromatic amines is 1. The number of carbonyl (C=O) groups excluding carboxylic acids is 1. The minimum Gasteiger partial charge on any atom is -0.344 e. The predicted octanol–water partition coefficient (Wildman–Crippen LogP) is 1.82. The Labute approximate surface area is 150 Å². The predicted molar refractivity (Wildman–Crippen MR) is 95.8 cm³/mol. The van der Waals surface area contributed by atoms with Gasteiger partial charge in [0.1, 0.15) is 0 Å². The van der Waals surface area contributed by atoms with E-state index in [1.807, 2.05) is 30.3 Å². The summed E-state index contributed by atoms with van der Waals surface area (Å²) < 4.78 is 1.65. The molecular formula is C19H19N5O2. The Kier molecular flexibility index (Phi) is 4.35. The second-order valence-electron chi connectivity index (χ2n) is 6.46. The highest BCUT2D eigenvalue weighted by Gasteiger charge is 2.23. The molecule has 7 heteroatoms. The topological polar surface area (TPSA) is 92.7 Å². The van der Waals surface area contributed by atoms with Gasteiger partial charge in [-0.2, -0.15) is 0 Å². The zero-order valence-corrected chi connectivity index (χ0v) is 14.2. The number of fused-ring (bicyclic) bond motifs is 1. The van der Waals surface area contributed by atoms with Gasteiger partial charge < -0.3 is 10.3 Å². The molecule has 0 bridgehead atoms. The van der Waals surface area contributed by atoms with E-state index in [9.17, 15) is 9.59 Å².